The minimum absolute atomic E-state index is 0.792. The summed E-state index contributed by atoms with van der Waals surface area (Å²) in [5.41, 5.74) is 0. The van der Waals surface area contributed by atoms with E-state index < -0.39 is 0 Å². The molecule has 1 aliphatic heterocycles. The highest BCUT2D eigenvalue weighted by Gasteiger charge is 2.15. The molecule has 0 spiro atoms. The van der Waals surface area contributed by atoms with Crippen LogP contribution in [0.1, 0.15) is 46.5 Å². The van der Waals surface area contributed by atoms with Gasteiger partial charge in [-0.15, -0.1) is 0 Å². The van der Waals surface area contributed by atoms with Crippen molar-refractivity contribution in [3.05, 3.63) is 0 Å². The van der Waals surface area contributed by atoms with Gasteiger partial charge in [-0.05, 0) is 63.7 Å². The Morgan fingerprint density at radius 3 is 2.88 bits per heavy atom. The van der Waals surface area contributed by atoms with Gasteiger partial charge in [-0.3, -0.25) is 0 Å². The van der Waals surface area contributed by atoms with E-state index in [-0.39, 0.29) is 0 Å². The lowest BCUT2D eigenvalue weighted by molar-refractivity contribution is 0.241. The Bertz CT molecular complexity index is 170. The van der Waals surface area contributed by atoms with E-state index in [0.717, 1.165) is 11.8 Å². The summed E-state index contributed by atoms with van der Waals surface area (Å²) in [6.45, 7) is 13.3. The second-order valence-electron chi connectivity index (χ2n) is 5.65. The molecule has 96 valence electrons. The molecule has 2 heteroatoms. The topological polar surface area (TPSA) is 15.3 Å². The fourth-order valence-electron chi connectivity index (χ4n) is 2.54. The smallest absolute Gasteiger partial charge is 0.00191 e. The van der Waals surface area contributed by atoms with Gasteiger partial charge in [0.05, 0.1) is 0 Å². The predicted molar refractivity (Wildman–Crippen MR) is 71.8 cm³/mol. The minimum Gasteiger partial charge on any atom is -0.316 e. The van der Waals surface area contributed by atoms with Crippen LogP contribution in [-0.2, 0) is 0 Å². The van der Waals surface area contributed by atoms with Crippen molar-refractivity contribution in [1.29, 1.82) is 0 Å². The highest BCUT2D eigenvalue weighted by atomic mass is 15.1. The Balaban J connectivity index is 2.14. The normalized spacial score (nSPS) is 25.3. The van der Waals surface area contributed by atoms with Gasteiger partial charge in [0.25, 0.3) is 0 Å². The number of nitrogens with zero attached hydrogens (tertiary/aromatic N) is 1. The highest BCUT2D eigenvalue weighted by Crippen LogP contribution is 2.17. The molecule has 1 heterocycles. The Hall–Kier alpha value is -0.0800. The molecule has 0 aromatic carbocycles. The Kier molecular flexibility index (Phi) is 7.06. The molecule has 1 fully saturated rings. The van der Waals surface area contributed by atoms with E-state index in [1.165, 1.54) is 58.4 Å². The molecule has 2 nitrogen and oxygen atoms in total. The predicted octanol–water partition coefficient (Wildman–Crippen LogP) is 2.74. The van der Waals surface area contributed by atoms with Crippen LogP contribution in [0.15, 0.2) is 0 Å². The van der Waals surface area contributed by atoms with Crippen molar-refractivity contribution >= 4 is 0 Å². The summed E-state index contributed by atoms with van der Waals surface area (Å²) in [5.74, 6) is 1.73. The van der Waals surface area contributed by atoms with Gasteiger partial charge in [0, 0.05) is 6.54 Å². The van der Waals surface area contributed by atoms with E-state index in [1.54, 1.807) is 0 Å². The van der Waals surface area contributed by atoms with Gasteiger partial charge in [0.1, 0.15) is 0 Å². The van der Waals surface area contributed by atoms with E-state index in [0.29, 0.717) is 0 Å². The van der Waals surface area contributed by atoms with Crippen LogP contribution in [-0.4, -0.2) is 37.6 Å². The fourth-order valence-corrected chi connectivity index (χ4v) is 2.54. The molecule has 0 bridgehead atoms. The zero-order chi connectivity index (χ0) is 11.8. The molecular formula is C14H30N2. The maximum Gasteiger partial charge on any atom is 0.00191 e. The van der Waals surface area contributed by atoms with Crippen LogP contribution in [0, 0.1) is 11.8 Å². The van der Waals surface area contributed by atoms with Gasteiger partial charge in [-0.25, -0.2) is 0 Å². The molecule has 0 amide bonds. The van der Waals surface area contributed by atoms with Crippen molar-refractivity contribution in [1.82, 2.24) is 10.2 Å². The lowest BCUT2D eigenvalue weighted by Crippen LogP contribution is -2.34. The molecule has 1 saturated heterocycles. The van der Waals surface area contributed by atoms with Crippen molar-refractivity contribution in [2.45, 2.75) is 46.5 Å². The molecule has 0 aliphatic carbocycles. The van der Waals surface area contributed by atoms with Gasteiger partial charge >= 0.3 is 0 Å². The van der Waals surface area contributed by atoms with Crippen LogP contribution in [0.3, 0.4) is 0 Å². The van der Waals surface area contributed by atoms with Crippen molar-refractivity contribution in [2.24, 2.45) is 11.8 Å². The lowest BCUT2D eigenvalue weighted by Gasteiger charge is -2.24. The maximum atomic E-state index is 3.52. The SMILES string of the molecule is CCCNCC(C)CN1CCCC(C)CC1. The second-order valence-corrected chi connectivity index (χ2v) is 5.65. The molecule has 0 aromatic heterocycles. The van der Waals surface area contributed by atoms with Crippen LogP contribution in [0.5, 0.6) is 0 Å². The Morgan fingerprint density at radius 1 is 1.31 bits per heavy atom. The van der Waals surface area contributed by atoms with E-state index in [9.17, 15) is 0 Å². The zero-order valence-electron chi connectivity index (χ0n) is 11.5. The van der Waals surface area contributed by atoms with Crippen molar-refractivity contribution in [3.8, 4) is 0 Å². The van der Waals surface area contributed by atoms with E-state index in [2.05, 4.69) is 31.0 Å². The van der Waals surface area contributed by atoms with Crippen LogP contribution < -0.4 is 5.32 Å². The van der Waals surface area contributed by atoms with Crippen molar-refractivity contribution in [2.75, 3.05) is 32.7 Å². The van der Waals surface area contributed by atoms with Gasteiger partial charge in [-0.1, -0.05) is 20.8 Å². The molecule has 0 radical (unpaired) electrons. The quantitative estimate of drug-likeness (QED) is 0.701. The molecule has 1 aliphatic rings. The van der Waals surface area contributed by atoms with Gasteiger partial charge in [-0.2, -0.15) is 0 Å². The average Bonchev–Trinajstić information content (AvgIpc) is 2.44. The molecule has 2 unspecified atom stereocenters. The largest absolute Gasteiger partial charge is 0.316 e. The highest BCUT2D eigenvalue weighted by molar-refractivity contribution is 4.70. The van der Waals surface area contributed by atoms with Crippen molar-refractivity contribution in [3.63, 3.8) is 0 Å². The zero-order valence-corrected chi connectivity index (χ0v) is 11.5. The third-order valence-electron chi connectivity index (χ3n) is 3.60. The third-order valence-corrected chi connectivity index (χ3v) is 3.60. The molecule has 0 saturated carbocycles. The molecule has 0 aromatic rings. The summed E-state index contributed by atoms with van der Waals surface area (Å²) < 4.78 is 0. The van der Waals surface area contributed by atoms with Crippen LogP contribution in [0.4, 0.5) is 0 Å². The molecular weight excluding hydrogens is 196 g/mol. The summed E-state index contributed by atoms with van der Waals surface area (Å²) in [6.07, 6.45) is 5.47. The van der Waals surface area contributed by atoms with E-state index >= 15 is 0 Å². The molecule has 2 atom stereocenters. The summed E-state index contributed by atoms with van der Waals surface area (Å²) >= 11 is 0. The fraction of sp³-hybridized carbons (Fsp3) is 1.00. The number of nitrogens with one attached hydrogen (secondary N) is 1. The number of likely N-dealkylation sites (tertiary alicyclic amines) is 1. The first-order valence-corrected chi connectivity index (χ1v) is 7.15. The Morgan fingerprint density at radius 2 is 2.12 bits per heavy atom. The van der Waals surface area contributed by atoms with Crippen molar-refractivity contribution < 1.29 is 0 Å². The summed E-state index contributed by atoms with van der Waals surface area (Å²) in [5, 5.41) is 3.52. The lowest BCUT2D eigenvalue weighted by atomic mass is 10.0. The first-order valence-electron chi connectivity index (χ1n) is 7.15. The maximum absolute atomic E-state index is 3.52. The Labute approximate surface area is 102 Å². The van der Waals surface area contributed by atoms with Gasteiger partial charge < -0.3 is 10.2 Å². The van der Waals surface area contributed by atoms with E-state index in [4.69, 9.17) is 0 Å². The number of hydrogen-bond acceptors (Lipinski definition) is 2. The number of hydrogen-bond donors (Lipinski definition) is 1. The van der Waals surface area contributed by atoms with E-state index in [1.807, 2.05) is 0 Å². The first kappa shape index (κ1) is 14.0. The minimum atomic E-state index is 0.792. The summed E-state index contributed by atoms with van der Waals surface area (Å²) in [6, 6.07) is 0. The number of rotatable bonds is 6. The third kappa shape index (κ3) is 5.86. The van der Waals surface area contributed by atoms with Gasteiger partial charge in [0.15, 0.2) is 0 Å². The average molecular weight is 226 g/mol. The molecule has 1 N–H and O–H groups in total. The van der Waals surface area contributed by atoms with Crippen LogP contribution in [0.2, 0.25) is 0 Å². The second kappa shape index (κ2) is 8.08. The summed E-state index contributed by atoms with van der Waals surface area (Å²) in [4.78, 5) is 2.67. The summed E-state index contributed by atoms with van der Waals surface area (Å²) in [7, 11) is 0. The van der Waals surface area contributed by atoms with Crippen LogP contribution >= 0.6 is 0 Å². The standard InChI is InChI=1S/C14H30N2/c1-4-8-15-11-14(3)12-16-9-5-6-13(2)7-10-16/h13-15H,4-12H2,1-3H3. The monoisotopic (exact) mass is 226 g/mol. The van der Waals surface area contributed by atoms with Crippen LogP contribution in [0.25, 0.3) is 0 Å². The first-order chi connectivity index (χ1) is 7.72. The van der Waals surface area contributed by atoms with Gasteiger partial charge in [0.2, 0.25) is 0 Å². The molecule has 1 rings (SSSR count). The molecule has 16 heavy (non-hydrogen) atoms.